The first-order chi connectivity index (χ1) is 15.1. The molecule has 1 amide bonds. The molecule has 0 spiro atoms. The number of nitrogens with one attached hydrogen (secondary N) is 1. The van der Waals surface area contributed by atoms with Gasteiger partial charge in [-0.15, -0.1) is 0 Å². The number of nitrogens with zero attached hydrogens (tertiary/aromatic N) is 1. The van der Waals surface area contributed by atoms with Crippen LogP contribution in [0.4, 0.5) is 5.69 Å². The quantitative estimate of drug-likeness (QED) is 0.544. The summed E-state index contributed by atoms with van der Waals surface area (Å²) in [5.41, 5.74) is -2.00. The number of benzene rings is 2. The second kappa shape index (κ2) is 8.92. The lowest BCUT2D eigenvalue weighted by Gasteiger charge is -2.33. The fraction of sp³-hybridized carbons (Fsp3) is 0.333. The first kappa shape index (κ1) is 23.1. The zero-order valence-corrected chi connectivity index (χ0v) is 18.5. The van der Waals surface area contributed by atoms with Gasteiger partial charge in [-0.05, 0) is 44.5 Å². The lowest BCUT2D eigenvalue weighted by atomic mass is 9.77. The number of esters is 1. The normalized spacial score (nSPS) is 13.4. The van der Waals surface area contributed by atoms with Crippen molar-refractivity contribution in [3.05, 3.63) is 70.2 Å². The van der Waals surface area contributed by atoms with E-state index in [1.165, 1.54) is 13.2 Å². The maximum absolute atomic E-state index is 13.3. The topological polar surface area (TPSA) is 119 Å². The van der Waals surface area contributed by atoms with Crippen molar-refractivity contribution in [1.29, 1.82) is 0 Å². The van der Waals surface area contributed by atoms with E-state index in [1.807, 2.05) is 18.2 Å². The largest absolute Gasteiger partial charge is 0.469 e. The number of aliphatic hydroxyl groups is 1. The highest BCUT2D eigenvalue weighted by Crippen LogP contribution is 2.33. The number of aromatic nitrogens is 1. The van der Waals surface area contributed by atoms with Gasteiger partial charge in [0.1, 0.15) is 5.60 Å². The average molecular weight is 438 g/mol. The molecule has 8 heteroatoms. The highest BCUT2D eigenvalue weighted by Gasteiger charge is 2.44. The summed E-state index contributed by atoms with van der Waals surface area (Å²) in [6.07, 6.45) is -0.164. The minimum absolute atomic E-state index is 0.00213. The molecule has 168 valence electrons. The lowest BCUT2D eigenvalue weighted by molar-refractivity contribution is -0.156. The number of amides is 1. The van der Waals surface area contributed by atoms with Crippen LogP contribution in [0.1, 0.15) is 31.5 Å². The van der Waals surface area contributed by atoms with Crippen molar-refractivity contribution in [1.82, 2.24) is 5.16 Å². The maximum atomic E-state index is 13.3. The van der Waals surface area contributed by atoms with Crippen LogP contribution in [0.5, 0.6) is 0 Å². The van der Waals surface area contributed by atoms with Gasteiger partial charge in [-0.2, -0.15) is 0 Å². The fourth-order valence-electron chi connectivity index (χ4n) is 3.79. The minimum Gasteiger partial charge on any atom is -0.469 e. The molecular formula is C24H26N2O6. The van der Waals surface area contributed by atoms with E-state index in [0.29, 0.717) is 22.2 Å². The van der Waals surface area contributed by atoms with Crippen LogP contribution in [-0.4, -0.2) is 34.9 Å². The Kier molecular flexibility index (Phi) is 6.45. The standard InChI is InChI=1S/C24H26N2O6/c1-15-19-12-17(10-11-18(19)20(27)32-26-15)25-21(28)24(30,13-16-8-6-5-7-9-16)14-23(2,3)22(29)31-4/h5-12,30H,13-14H2,1-4H3,(H,25,28). The molecule has 0 radical (unpaired) electrons. The number of rotatable bonds is 7. The molecule has 3 aromatic rings. The SMILES string of the molecule is COC(=O)C(C)(C)CC(O)(Cc1ccccc1)C(=O)Nc1ccc2c(=O)onc(C)c2c1. The zero-order chi connectivity index (χ0) is 23.5. The van der Waals surface area contributed by atoms with Gasteiger partial charge < -0.3 is 19.7 Å². The molecule has 32 heavy (non-hydrogen) atoms. The van der Waals surface area contributed by atoms with Gasteiger partial charge in [0.25, 0.3) is 5.91 Å². The van der Waals surface area contributed by atoms with E-state index in [1.54, 1.807) is 45.0 Å². The van der Waals surface area contributed by atoms with Crippen molar-refractivity contribution in [3.63, 3.8) is 0 Å². The lowest BCUT2D eigenvalue weighted by Crippen LogP contribution is -2.49. The maximum Gasteiger partial charge on any atom is 0.366 e. The molecule has 8 nitrogen and oxygen atoms in total. The number of fused-ring (bicyclic) bond motifs is 1. The van der Waals surface area contributed by atoms with Gasteiger partial charge in [-0.3, -0.25) is 9.59 Å². The van der Waals surface area contributed by atoms with E-state index in [9.17, 15) is 19.5 Å². The molecule has 0 saturated carbocycles. The molecular weight excluding hydrogens is 412 g/mol. The van der Waals surface area contributed by atoms with Crippen molar-refractivity contribution in [2.45, 2.75) is 39.2 Å². The Balaban J connectivity index is 1.96. The summed E-state index contributed by atoms with van der Waals surface area (Å²) in [5.74, 6) is -1.21. The van der Waals surface area contributed by atoms with E-state index in [-0.39, 0.29) is 12.8 Å². The van der Waals surface area contributed by atoms with Crippen LogP contribution in [0.25, 0.3) is 10.8 Å². The van der Waals surface area contributed by atoms with Crippen LogP contribution in [-0.2, 0) is 20.7 Å². The summed E-state index contributed by atoms with van der Waals surface area (Å²) in [6, 6.07) is 13.7. The van der Waals surface area contributed by atoms with E-state index in [0.717, 1.165) is 5.56 Å². The third-order valence-electron chi connectivity index (χ3n) is 5.39. The summed E-state index contributed by atoms with van der Waals surface area (Å²) >= 11 is 0. The van der Waals surface area contributed by atoms with Gasteiger partial charge in [-0.25, -0.2) is 4.79 Å². The molecule has 0 saturated heterocycles. The summed E-state index contributed by atoms with van der Waals surface area (Å²) in [4.78, 5) is 37.4. The number of carbonyl (C=O) groups excluding carboxylic acids is 2. The van der Waals surface area contributed by atoms with Gasteiger partial charge in [0.05, 0.1) is 23.6 Å². The average Bonchev–Trinajstić information content (AvgIpc) is 2.76. The number of methoxy groups -OCH3 is 1. The second-order valence-electron chi connectivity index (χ2n) is 8.52. The van der Waals surface area contributed by atoms with Crippen LogP contribution in [0.3, 0.4) is 0 Å². The highest BCUT2D eigenvalue weighted by molar-refractivity contribution is 5.99. The molecule has 0 aliphatic heterocycles. The Morgan fingerprint density at radius 2 is 1.81 bits per heavy atom. The smallest absolute Gasteiger partial charge is 0.366 e. The summed E-state index contributed by atoms with van der Waals surface area (Å²) in [7, 11) is 1.27. The summed E-state index contributed by atoms with van der Waals surface area (Å²) < 4.78 is 9.58. The predicted molar refractivity (Wildman–Crippen MR) is 119 cm³/mol. The van der Waals surface area contributed by atoms with Crippen LogP contribution >= 0.6 is 0 Å². The molecule has 1 unspecified atom stereocenters. The monoisotopic (exact) mass is 438 g/mol. The molecule has 1 heterocycles. The number of anilines is 1. The molecule has 0 aliphatic carbocycles. The Morgan fingerprint density at radius 1 is 1.12 bits per heavy atom. The Labute approximate surface area is 185 Å². The Morgan fingerprint density at radius 3 is 2.47 bits per heavy atom. The molecule has 0 fully saturated rings. The van der Waals surface area contributed by atoms with E-state index < -0.39 is 28.5 Å². The molecule has 1 atom stereocenters. The van der Waals surface area contributed by atoms with Crippen LogP contribution in [0.2, 0.25) is 0 Å². The third kappa shape index (κ3) is 4.86. The number of hydrogen-bond donors (Lipinski definition) is 2. The van der Waals surface area contributed by atoms with Gasteiger partial charge in [-0.1, -0.05) is 35.5 Å². The molecule has 1 aromatic heterocycles. The van der Waals surface area contributed by atoms with Crippen LogP contribution < -0.4 is 10.9 Å². The predicted octanol–water partition coefficient (Wildman–Crippen LogP) is 3.00. The minimum atomic E-state index is -1.91. The van der Waals surface area contributed by atoms with Crippen LogP contribution in [0.15, 0.2) is 57.8 Å². The van der Waals surface area contributed by atoms with Gasteiger partial charge >= 0.3 is 11.6 Å². The van der Waals surface area contributed by atoms with Crippen molar-refractivity contribution in [2.75, 3.05) is 12.4 Å². The molecule has 2 aromatic carbocycles. The zero-order valence-electron chi connectivity index (χ0n) is 18.5. The summed E-state index contributed by atoms with van der Waals surface area (Å²) in [6.45, 7) is 4.92. The number of carbonyl (C=O) groups is 2. The number of hydrogen-bond acceptors (Lipinski definition) is 7. The number of aryl methyl sites for hydroxylation is 1. The molecule has 0 bridgehead atoms. The third-order valence-corrected chi connectivity index (χ3v) is 5.39. The van der Waals surface area contributed by atoms with E-state index >= 15 is 0 Å². The van der Waals surface area contributed by atoms with Gasteiger partial charge in [0.2, 0.25) is 0 Å². The number of ether oxygens (including phenoxy) is 1. The molecule has 2 N–H and O–H groups in total. The van der Waals surface area contributed by atoms with Gasteiger partial charge in [0.15, 0.2) is 0 Å². The first-order valence-electron chi connectivity index (χ1n) is 10.1. The van der Waals surface area contributed by atoms with Gasteiger partial charge in [0, 0.05) is 23.9 Å². The molecule has 3 rings (SSSR count). The van der Waals surface area contributed by atoms with Crippen molar-refractivity contribution in [2.24, 2.45) is 5.41 Å². The Hall–Kier alpha value is -3.52. The van der Waals surface area contributed by atoms with Crippen molar-refractivity contribution in [3.8, 4) is 0 Å². The van der Waals surface area contributed by atoms with E-state index in [4.69, 9.17) is 9.26 Å². The van der Waals surface area contributed by atoms with Crippen LogP contribution in [0, 0.1) is 12.3 Å². The first-order valence-corrected chi connectivity index (χ1v) is 10.1. The summed E-state index contributed by atoms with van der Waals surface area (Å²) in [5, 5.41) is 18.8. The Bertz CT molecular complexity index is 1200. The van der Waals surface area contributed by atoms with E-state index in [2.05, 4.69) is 10.5 Å². The second-order valence-corrected chi connectivity index (χ2v) is 8.52. The highest BCUT2D eigenvalue weighted by atomic mass is 16.5. The fourth-order valence-corrected chi connectivity index (χ4v) is 3.79. The molecule has 0 aliphatic rings. The van der Waals surface area contributed by atoms with Crippen molar-refractivity contribution >= 4 is 28.3 Å². The van der Waals surface area contributed by atoms with Crippen molar-refractivity contribution < 1.29 is 24.0 Å².